The molecule has 0 spiro atoms. The largest absolute Gasteiger partial charge is 0.379 e. The Morgan fingerprint density at radius 1 is 1.22 bits per heavy atom. The van der Waals surface area contributed by atoms with Crippen molar-refractivity contribution in [3.63, 3.8) is 0 Å². The van der Waals surface area contributed by atoms with Crippen molar-refractivity contribution in [3.05, 3.63) is 11.6 Å². The summed E-state index contributed by atoms with van der Waals surface area (Å²) in [5.41, 5.74) is 1.58. The van der Waals surface area contributed by atoms with Crippen LogP contribution in [0.1, 0.15) is 59.3 Å². The lowest BCUT2D eigenvalue weighted by Gasteiger charge is -2.32. The molecule has 0 amide bonds. The highest BCUT2D eigenvalue weighted by molar-refractivity contribution is 5.14. The maximum atomic E-state index is 5.75. The first kappa shape index (κ1) is 15.7. The van der Waals surface area contributed by atoms with Crippen molar-refractivity contribution < 1.29 is 4.74 Å². The van der Waals surface area contributed by atoms with Crippen LogP contribution in [0.15, 0.2) is 11.6 Å². The average Bonchev–Trinajstić information content (AvgIpc) is 2.28. The van der Waals surface area contributed by atoms with E-state index in [4.69, 9.17) is 4.74 Å². The number of ether oxygens (including phenoxy) is 1. The number of allylic oxidation sites excluding steroid dienone is 1. The monoisotopic (exact) mass is 253 g/mol. The van der Waals surface area contributed by atoms with E-state index in [9.17, 15) is 0 Å². The molecule has 0 aromatic rings. The van der Waals surface area contributed by atoms with Gasteiger partial charge in [0.25, 0.3) is 0 Å². The van der Waals surface area contributed by atoms with Crippen molar-refractivity contribution >= 4 is 0 Å². The van der Waals surface area contributed by atoms with Crippen LogP contribution in [-0.2, 0) is 4.74 Å². The minimum absolute atomic E-state index is 0.288. The molecule has 0 fully saturated rings. The van der Waals surface area contributed by atoms with Gasteiger partial charge in [-0.2, -0.15) is 0 Å². The van der Waals surface area contributed by atoms with Gasteiger partial charge in [0.15, 0.2) is 0 Å². The fraction of sp³-hybridized carbons (Fsp3) is 0.875. The van der Waals surface area contributed by atoms with Gasteiger partial charge in [0.1, 0.15) is 0 Å². The molecule has 0 bridgehead atoms. The third kappa shape index (κ3) is 4.74. The third-order valence-electron chi connectivity index (χ3n) is 3.91. The van der Waals surface area contributed by atoms with Gasteiger partial charge in [0.05, 0.1) is 12.1 Å². The predicted octanol–water partition coefficient (Wildman–Crippen LogP) is 3.92. The second-order valence-corrected chi connectivity index (χ2v) is 5.71. The zero-order valence-corrected chi connectivity index (χ0v) is 12.7. The van der Waals surface area contributed by atoms with Crippen molar-refractivity contribution in [1.29, 1.82) is 0 Å². The molecule has 2 nitrogen and oxygen atoms in total. The fourth-order valence-corrected chi connectivity index (χ4v) is 2.97. The Bertz CT molecular complexity index is 247. The van der Waals surface area contributed by atoms with Crippen LogP contribution in [0, 0.1) is 5.92 Å². The minimum atomic E-state index is 0.288. The van der Waals surface area contributed by atoms with Crippen LogP contribution in [0.3, 0.4) is 0 Å². The maximum absolute atomic E-state index is 5.75. The average molecular weight is 253 g/mol. The molecule has 1 aliphatic carbocycles. The third-order valence-corrected chi connectivity index (χ3v) is 3.91. The highest BCUT2D eigenvalue weighted by Crippen LogP contribution is 2.24. The summed E-state index contributed by atoms with van der Waals surface area (Å²) in [5, 5.41) is 3.64. The fourth-order valence-electron chi connectivity index (χ4n) is 2.97. The summed E-state index contributed by atoms with van der Waals surface area (Å²) in [6, 6.07) is 0.401. The Labute approximate surface area is 113 Å². The first-order valence-electron chi connectivity index (χ1n) is 7.65. The van der Waals surface area contributed by atoms with Crippen molar-refractivity contribution in [1.82, 2.24) is 5.32 Å². The van der Waals surface area contributed by atoms with Crippen LogP contribution in [0.25, 0.3) is 0 Å². The SMILES string of the molecule is CCNC(C1=CCCCCCC1)C(OC)C(C)C. The number of hydrogen-bond acceptors (Lipinski definition) is 2. The van der Waals surface area contributed by atoms with Crippen LogP contribution in [-0.4, -0.2) is 25.8 Å². The second-order valence-electron chi connectivity index (χ2n) is 5.71. The molecule has 0 aliphatic heterocycles. The van der Waals surface area contributed by atoms with Crippen LogP contribution in [0.2, 0.25) is 0 Å². The van der Waals surface area contributed by atoms with Crippen molar-refractivity contribution in [2.75, 3.05) is 13.7 Å². The van der Waals surface area contributed by atoms with Gasteiger partial charge >= 0.3 is 0 Å². The van der Waals surface area contributed by atoms with Gasteiger partial charge < -0.3 is 10.1 Å². The smallest absolute Gasteiger partial charge is 0.0785 e. The van der Waals surface area contributed by atoms with E-state index in [1.165, 1.54) is 38.5 Å². The van der Waals surface area contributed by atoms with E-state index in [1.807, 2.05) is 7.11 Å². The van der Waals surface area contributed by atoms with E-state index in [2.05, 4.69) is 32.2 Å². The van der Waals surface area contributed by atoms with Crippen LogP contribution >= 0.6 is 0 Å². The lowest BCUT2D eigenvalue weighted by molar-refractivity contribution is 0.0423. The number of methoxy groups -OCH3 is 1. The molecular formula is C16H31NO. The minimum Gasteiger partial charge on any atom is -0.379 e. The van der Waals surface area contributed by atoms with E-state index >= 15 is 0 Å². The molecule has 18 heavy (non-hydrogen) atoms. The van der Waals surface area contributed by atoms with Crippen LogP contribution in [0.5, 0.6) is 0 Å². The zero-order valence-electron chi connectivity index (χ0n) is 12.7. The van der Waals surface area contributed by atoms with E-state index in [0.29, 0.717) is 12.0 Å². The molecule has 0 saturated heterocycles. The van der Waals surface area contributed by atoms with E-state index < -0.39 is 0 Å². The van der Waals surface area contributed by atoms with Gasteiger partial charge in [-0.25, -0.2) is 0 Å². The van der Waals surface area contributed by atoms with E-state index in [1.54, 1.807) is 5.57 Å². The number of likely N-dealkylation sites (N-methyl/N-ethyl adjacent to an activating group) is 1. The van der Waals surface area contributed by atoms with Crippen molar-refractivity contribution in [2.45, 2.75) is 71.4 Å². The second kappa shape index (κ2) is 8.71. The number of nitrogens with one attached hydrogen (secondary N) is 1. The van der Waals surface area contributed by atoms with Crippen LogP contribution < -0.4 is 5.32 Å². The Balaban J connectivity index is 2.79. The van der Waals surface area contributed by atoms with E-state index in [0.717, 1.165) is 6.54 Å². The molecule has 0 heterocycles. The topological polar surface area (TPSA) is 21.3 Å². The summed E-state index contributed by atoms with van der Waals surface area (Å²) >= 11 is 0. The van der Waals surface area contributed by atoms with Gasteiger partial charge in [0.2, 0.25) is 0 Å². The first-order valence-corrected chi connectivity index (χ1v) is 7.65. The van der Waals surface area contributed by atoms with Crippen LogP contribution in [0.4, 0.5) is 0 Å². The van der Waals surface area contributed by atoms with Gasteiger partial charge in [-0.05, 0) is 38.1 Å². The summed E-state index contributed by atoms with van der Waals surface area (Å²) in [6.45, 7) is 7.70. The predicted molar refractivity (Wildman–Crippen MR) is 78.9 cm³/mol. The summed E-state index contributed by atoms with van der Waals surface area (Å²) in [5.74, 6) is 0.547. The van der Waals surface area contributed by atoms with Crippen molar-refractivity contribution in [3.8, 4) is 0 Å². The Morgan fingerprint density at radius 2 is 1.94 bits per heavy atom. The normalized spacial score (nSPS) is 21.1. The molecule has 2 unspecified atom stereocenters. The number of rotatable bonds is 6. The Morgan fingerprint density at radius 3 is 2.56 bits per heavy atom. The maximum Gasteiger partial charge on any atom is 0.0785 e. The van der Waals surface area contributed by atoms with Gasteiger partial charge in [-0.1, -0.05) is 45.3 Å². The van der Waals surface area contributed by atoms with Gasteiger partial charge in [-0.3, -0.25) is 0 Å². The highest BCUT2D eigenvalue weighted by Gasteiger charge is 2.26. The molecule has 2 heteroatoms. The Kier molecular flexibility index (Phi) is 7.60. The molecule has 1 rings (SSSR count). The molecule has 1 aliphatic rings. The molecule has 106 valence electrons. The quantitative estimate of drug-likeness (QED) is 0.725. The lowest BCUT2D eigenvalue weighted by atomic mass is 9.88. The molecule has 2 atom stereocenters. The van der Waals surface area contributed by atoms with Crippen molar-refractivity contribution in [2.24, 2.45) is 5.92 Å². The molecule has 0 aromatic heterocycles. The van der Waals surface area contributed by atoms with Gasteiger partial charge in [0, 0.05) is 7.11 Å². The van der Waals surface area contributed by atoms with Gasteiger partial charge in [-0.15, -0.1) is 0 Å². The molecule has 1 N–H and O–H groups in total. The molecule has 0 radical (unpaired) electrons. The highest BCUT2D eigenvalue weighted by atomic mass is 16.5. The zero-order chi connectivity index (χ0) is 13.4. The van der Waals surface area contributed by atoms with E-state index in [-0.39, 0.29) is 6.10 Å². The molecular weight excluding hydrogens is 222 g/mol. The summed E-state index contributed by atoms with van der Waals surface area (Å²) < 4.78 is 5.75. The first-order chi connectivity index (χ1) is 8.70. The summed E-state index contributed by atoms with van der Waals surface area (Å²) in [6.07, 6.45) is 10.7. The standard InChI is InChI=1S/C16H31NO/c1-5-17-15(16(18-4)13(2)3)14-11-9-7-6-8-10-12-14/h11,13,15-17H,5-10,12H2,1-4H3. The molecule has 0 aromatic carbocycles. The lowest BCUT2D eigenvalue weighted by Crippen LogP contribution is -2.45. The Hall–Kier alpha value is -0.340. The number of hydrogen-bond donors (Lipinski definition) is 1. The summed E-state index contributed by atoms with van der Waals surface area (Å²) in [4.78, 5) is 0. The summed E-state index contributed by atoms with van der Waals surface area (Å²) in [7, 11) is 1.85. The molecule has 0 saturated carbocycles.